The fraction of sp³-hybridized carbons (Fsp3) is 0.458. The molecular formula is C24H31N3O3S. The van der Waals surface area contributed by atoms with E-state index < -0.39 is 10.0 Å². The Kier molecular flexibility index (Phi) is 6.74. The molecule has 2 aliphatic rings. The van der Waals surface area contributed by atoms with E-state index in [4.69, 9.17) is 0 Å². The maximum absolute atomic E-state index is 13.3. The topological polar surface area (TPSA) is 60.9 Å². The van der Waals surface area contributed by atoms with E-state index in [9.17, 15) is 13.2 Å². The number of piperazine rings is 1. The number of piperidine rings is 1. The molecule has 0 aliphatic carbocycles. The molecule has 166 valence electrons. The molecule has 0 aromatic heterocycles. The highest BCUT2D eigenvalue weighted by Crippen LogP contribution is 2.23. The largest absolute Gasteiger partial charge is 0.336 e. The first-order valence-corrected chi connectivity index (χ1v) is 12.6. The van der Waals surface area contributed by atoms with Gasteiger partial charge in [-0.25, -0.2) is 8.42 Å². The second kappa shape index (κ2) is 9.51. The van der Waals surface area contributed by atoms with Crippen molar-refractivity contribution in [2.24, 2.45) is 0 Å². The maximum atomic E-state index is 13.3. The average Bonchev–Trinajstić information content (AvgIpc) is 2.80. The van der Waals surface area contributed by atoms with Gasteiger partial charge in [-0.2, -0.15) is 4.31 Å². The Bertz CT molecular complexity index is 1000. The number of amides is 1. The predicted molar refractivity (Wildman–Crippen MR) is 121 cm³/mol. The minimum absolute atomic E-state index is 0.0723. The quantitative estimate of drug-likeness (QED) is 0.715. The molecule has 1 atom stereocenters. The molecule has 2 aromatic rings. The molecule has 2 saturated heterocycles. The number of carbonyl (C=O) groups is 1. The number of benzene rings is 2. The second-order valence-electron chi connectivity index (χ2n) is 8.54. The zero-order valence-electron chi connectivity index (χ0n) is 18.1. The van der Waals surface area contributed by atoms with Crippen LogP contribution in [0.3, 0.4) is 0 Å². The van der Waals surface area contributed by atoms with Gasteiger partial charge in [0.05, 0.1) is 4.90 Å². The van der Waals surface area contributed by atoms with Crippen LogP contribution in [0.25, 0.3) is 0 Å². The molecule has 1 unspecified atom stereocenters. The van der Waals surface area contributed by atoms with Gasteiger partial charge in [-0.05, 0) is 49.9 Å². The smallest absolute Gasteiger partial charge is 0.254 e. The summed E-state index contributed by atoms with van der Waals surface area (Å²) in [7, 11) is -3.62. The minimum Gasteiger partial charge on any atom is -0.336 e. The molecular weight excluding hydrogens is 410 g/mol. The zero-order chi connectivity index (χ0) is 21.8. The highest BCUT2D eigenvalue weighted by Gasteiger charge is 2.30. The lowest BCUT2D eigenvalue weighted by molar-refractivity contribution is 0.0635. The van der Waals surface area contributed by atoms with Crippen molar-refractivity contribution in [2.75, 3.05) is 32.7 Å². The standard InChI is InChI=1S/C24H31N3O3S/c1-20-8-5-6-13-27(20)24(28)22-11-7-12-23(18-22)31(29,30)26-16-14-25(15-17-26)19-21-9-3-2-4-10-21/h2-4,7,9-12,18,20H,5-6,8,13-17,19H2,1H3. The van der Waals surface area contributed by atoms with Gasteiger partial charge >= 0.3 is 0 Å². The van der Waals surface area contributed by atoms with Gasteiger partial charge in [-0.15, -0.1) is 0 Å². The van der Waals surface area contributed by atoms with Crippen molar-refractivity contribution in [1.29, 1.82) is 0 Å². The van der Waals surface area contributed by atoms with E-state index >= 15 is 0 Å². The number of rotatable bonds is 5. The molecule has 0 N–H and O–H groups in total. The Morgan fingerprint density at radius 3 is 2.39 bits per heavy atom. The first-order valence-electron chi connectivity index (χ1n) is 11.1. The van der Waals surface area contributed by atoms with Crippen LogP contribution < -0.4 is 0 Å². The van der Waals surface area contributed by atoms with Crippen LogP contribution in [0.4, 0.5) is 0 Å². The molecule has 1 amide bonds. The second-order valence-corrected chi connectivity index (χ2v) is 10.5. The summed E-state index contributed by atoms with van der Waals surface area (Å²) in [6.45, 7) is 5.92. The number of hydrogen-bond acceptors (Lipinski definition) is 4. The highest BCUT2D eigenvalue weighted by molar-refractivity contribution is 7.89. The minimum atomic E-state index is -3.62. The van der Waals surface area contributed by atoms with E-state index in [1.54, 1.807) is 28.6 Å². The summed E-state index contributed by atoms with van der Waals surface area (Å²) in [6, 6.07) is 17.0. The first kappa shape index (κ1) is 22.0. The Labute approximate surface area is 185 Å². The Morgan fingerprint density at radius 2 is 1.68 bits per heavy atom. The molecule has 2 heterocycles. The van der Waals surface area contributed by atoms with Gasteiger partial charge in [0.1, 0.15) is 0 Å². The summed E-state index contributed by atoms with van der Waals surface area (Å²) in [6.07, 6.45) is 3.13. The summed E-state index contributed by atoms with van der Waals surface area (Å²) in [5, 5.41) is 0. The van der Waals surface area contributed by atoms with Crippen molar-refractivity contribution in [2.45, 2.75) is 43.7 Å². The fourth-order valence-electron chi connectivity index (χ4n) is 4.47. The van der Waals surface area contributed by atoms with Crippen molar-refractivity contribution in [3.05, 3.63) is 65.7 Å². The monoisotopic (exact) mass is 441 g/mol. The molecule has 7 heteroatoms. The van der Waals surface area contributed by atoms with Crippen LogP contribution in [-0.2, 0) is 16.6 Å². The summed E-state index contributed by atoms with van der Waals surface area (Å²) in [5.41, 5.74) is 1.69. The van der Waals surface area contributed by atoms with Gasteiger partial charge in [0.2, 0.25) is 10.0 Å². The van der Waals surface area contributed by atoms with Crippen molar-refractivity contribution in [3.8, 4) is 0 Å². The first-order chi connectivity index (χ1) is 14.9. The molecule has 0 radical (unpaired) electrons. The van der Waals surface area contributed by atoms with Crippen molar-refractivity contribution in [1.82, 2.24) is 14.1 Å². The third-order valence-electron chi connectivity index (χ3n) is 6.36. The zero-order valence-corrected chi connectivity index (χ0v) is 18.9. The van der Waals surface area contributed by atoms with E-state index in [0.29, 0.717) is 31.7 Å². The molecule has 0 saturated carbocycles. The molecule has 0 bridgehead atoms. The Hall–Kier alpha value is -2.22. The van der Waals surface area contributed by atoms with Crippen LogP contribution in [0.2, 0.25) is 0 Å². The number of sulfonamides is 1. The maximum Gasteiger partial charge on any atom is 0.254 e. The highest BCUT2D eigenvalue weighted by atomic mass is 32.2. The lowest BCUT2D eigenvalue weighted by Crippen LogP contribution is -2.48. The normalized spacial score (nSPS) is 21.2. The van der Waals surface area contributed by atoms with Crippen LogP contribution in [-0.4, -0.2) is 67.2 Å². The van der Waals surface area contributed by atoms with Gasteiger partial charge < -0.3 is 4.90 Å². The summed E-state index contributed by atoms with van der Waals surface area (Å²) in [4.78, 5) is 17.4. The van der Waals surface area contributed by atoms with Gasteiger partial charge in [0.15, 0.2) is 0 Å². The van der Waals surface area contributed by atoms with Gasteiger partial charge in [0.25, 0.3) is 5.91 Å². The van der Waals surface area contributed by atoms with Gasteiger partial charge in [-0.1, -0.05) is 36.4 Å². The molecule has 2 aliphatic heterocycles. The summed E-state index contributed by atoms with van der Waals surface area (Å²) < 4.78 is 28.0. The molecule has 0 spiro atoms. The summed E-state index contributed by atoms with van der Waals surface area (Å²) in [5.74, 6) is -0.0723. The SMILES string of the molecule is CC1CCCCN1C(=O)c1cccc(S(=O)(=O)N2CCN(Cc3ccccc3)CC2)c1. The average molecular weight is 442 g/mol. The molecule has 2 fully saturated rings. The predicted octanol–water partition coefficient (Wildman–Crippen LogP) is 3.21. The Morgan fingerprint density at radius 1 is 0.935 bits per heavy atom. The van der Waals surface area contributed by atoms with Crippen molar-refractivity contribution in [3.63, 3.8) is 0 Å². The number of carbonyl (C=O) groups excluding carboxylic acids is 1. The van der Waals surface area contributed by atoms with Crippen LogP contribution >= 0.6 is 0 Å². The van der Waals surface area contributed by atoms with Crippen LogP contribution in [0.1, 0.15) is 42.1 Å². The van der Waals surface area contributed by atoms with E-state index in [1.807, 2.05) is 23.1 Å². The fourth-order valence-corrected chi connectivity index (χ4v) is 5.94. The molecule has 2 aromatic carbocycles. The van der Waals surface area contributed by atoms with Crippen molar-refractivity contribution < 1.29 is 13.2 Å². The number of nitrogens with zero attached hydrogens (tertiary/aromatic N) is 3. The lowest BCUT2D eigenvalue weighted by atomic mass is 10.0. The Balaban J connectivity index is 1.43. The molecule has 6 nitrogen and oxygen atoms in total. The van der Waals surface area contributed by atoms with Gasteiger partial charge in [-0.3, -0.25) is 9.69 Å². The van der Waals surface area contributed by atoms with Crippen LogP contribution in [0.5, 0.6) is 0 Å². The van der Waals surface area contributed by atoms with E-state index in [1.165, 1.54) is 5.56 Å². The van der Waals surface area contributed by atoms with Crippen molar-refractivity contribution >= 4 is 15.9 Å². The number of hydrogen-bond donors (Lipinski definition) is 0. The van der Waals surface area contributed by atoms with Crippen LogP contribution in [0, 0.1) is 0 Å². The third kappa shape index (κ3) is 5.00. The van der Waals surface area contributed by atoms with E-state index in [-0.39, 0.29) is 16.8 Å². The molecule has 31 heavy (non-hydrogen) atoms. The molecule has 4 rings (SSSR count). The van der Waals surface area contributed by atoms with Gasteiger partial charge in [0, 0.05) is 50.9 Å². The number of likely N-dealkylation sites (tertiary alicyclic amines) is 1. The third-order valence-corrected chi connectivity index (χ3v) is 8.26. The van der Waals surface area contributed by atoms with E-state index in [0.717, 1.165) is 32.4 Å². The summed E-state index contributed by atoms with van der Waals surface area (Å²) >= 11 is 0. The lowest BCUT2D eigenvalue weighted by Gasteiger charge is -2.34. The van der Waals surface area contributed by atoms with Crippen LogP contribution in [0.15, 0.2) is 59.5 Å². The van der Waals surface area contributed by atoms with E-state index in [2.05, 4.69) is 24.0 Å².